The Balaban J connectivity index is 2.15. The van der Waals surface area contributed by atoms with Gasteiger partial charge in [0.2, 0.25) is 5.78 Å². The number of allylic oxidation sites excluding steroid dienone is 2. The number of H-pyrrole nitrogens is 1. The molecule has 0 radical (unpaired) electrons. The molecule has 0 spiro atoms. The Morgan fingerprint density at radius 1 is 0.882 bits per heavy atom. The molecule has 1 aromatic carbocycles. The van der Waals surface area contributed by atoms with Crippen molar-refractivity contribution in [1.82, 2.24) is 4.98 Å². The first-order chi connectivity index (χ1) is 8.25. The van der Waals surface area contributed by atoms with Gasteiger partial charge in [0.05, 0.1) is 11.3 Å². The van der Waals surface area contributed by atoms with E-state index in [1.807, 2.05) is 30.3 Å². The quantitative estimate of drug-likeness (QED) is 0.807. The van der Waals surface area contributed by atoms with E-state index in [1.165, 1.54) is 12.2 Å². The first-order valence-electron chi connectivity index (χ1n) is 5.31. The van der Waals surface area contributed by atoms with E-state index in [0.717, 1.165) is 11.3 Å². The second-order valence-electron chi connectivity index (χ2n) is 3.90. The number of hydrogen-bond donors (Lipinski definition) is 1. The number of aromatic amines is 1. The molecular formula is C14H9NO2. The Morgan fingerprint density at radius 2 is 1.59 bits per heavy atom. The zero-order valence-corrected chi connectivity index (χ0v) is 8.94. The molecule has 0 aliphatic heterocycles. The van der Waals surface area contributed by atoms with Crippen molar-refractivity contribution < 1.29 is 9.59 Å². The second-order valence-corrected chi connectivity index (χ2v) is 3.90. The maximum Gasteiger partial charge on any atom is 0.202 e. The summed E-state index contributed by atoms with van der Waals surface area (Å²) in [5.74, 6) is -0.278. The van der Waals surface area contributed by atoms with Crippen molar-refractivity contribution in [1.29, 1.82) is 0 Å². The number of rotatable bonds is 1. The van der Waals surface area contributed by atoms with Crippen LogP contribution in [-0.4, -0.2) is 16.6 Å². The van der Waals surface area contributed by atoms with Gasteiger partial charge in [0.25, 0.3) is 0 Å². The minimum absolute atomic E-state index is 0.127. The molecule has 1 aliphatic rings. The molecule has 2 aromatic rings. The third kappa shape index (κ3) is 1.52. The van der Waals surface area contributed by atoms with E-state index < -0.39 is 0 Å². The molecular weight excluding hydrogens is 214 g/mol. The number of nitrogens with one attached hydrogen (secondary N) is 1. The van der Waals surface area contributed by atoms with Gasteiger partial charge >= 0.3 is 0 Å². The van der Waals surface area contributed by atoms with Crippen LogP contribution in [0.5, 0.6) is 0 Å². The highest BCUT2D eigenvalue weighted by Crippen LogP contribution is 2.24. The van der Waals surface area contributed by atoms with Crippen LogP contribution in [0.25, 0.3) is 11.3 Å². The molecule has 0 bridgehead atoms. The SMILES string of the molecule is O=C1C=CC(=O)c2[nH]c(-c3ccccc3)cc21. The number of hydrogen-bond acceptors (Lipinski definition) is 2. The van der Waals surface area contributed by atoms with E-state index in [0.29, 0.717) is 11.3 Å². The third-order valence-corrected chi connectivity index (χ3v) is 2.80. The van der Waals surface area contributed by atoms with Crippen LogP contribution in [0.4, 0.5) is 0 Å². The summed E-state index contributed by atoms with van der Waals surface area (Å²) >= 11 is 0. The van der Waals surface area contributed by atoms with E-state index in [9.17, 15) is 9.59 Å². The maximum atomic E-state index is 11.6. The molecule has 0 atom stereocenters. The van der Waals surface area contributed by atoms with Crippen molar-refractivity contribution in [2.45, 2.75) is 0 Å². The van der Waals surface area contributed by atoms with Crippen molar-refractivity contribution in [2.75, 3.05) is 0 Å². The maximum absolute atomic E-state index is 11.6. The molecule has 0 saturated heterocycles. The summed E-state index contributed by atoms with van der Waals surface area (Å²) in [4.78, 5) is 26.2. The highest BCUT2D eigenvalue weighted by Gasteiger charge is 2.22. The second kappa shape index (κ2) is 3.56. The predicted octanol–water partition coefficient (Wildman–Crippen LogP) is 2.62. The van der Waals surface area contributed by atoms with Gasteiger partial charge in [-0.15, -0.1) is 0 Å². The van der Waals surface area contributed by atoms with Crippen LogP contribution in [0.1, 0.15) is 20.8 Å². The molecule has 1 heterocycles. The van der Waals surface area contributed by atoms with Crippen LogP contribution in [0, 0.1) is 0 Å². The Labute approximate surface area is 97.8 Å². The minimum atomic E-state index is -0.151. The lowest BCUT2D eigenvalue weighted by Crippen LogP contribution is -2.09. The van der Waals surface area contributed by atoms with Crippen LogP contribution < -0.4 is 0 Å². The molecule has 0 saturated carbocycles. The summed E-state index contributed by atoms with van der Waals surface area (Å²) in [5, 5.41) is 0. The van der Waals surface area contributed by atoms with Gasteiger partial charge in [0.15, 0.2) is 5.78 Å². The smallest absolute Gasteiger partial charge is 0.202 e. The summed E-state index contributed by atoms with van der Waals surface area (Å²) in [7, 11) is 0. The summed E-state index contributed by atoms with van der Waals surface area (Å²) in [6.45, 7) is 0. The van der Waals surface area contributed by atoms with Crippen LogP contribution in [0.15, 0.2) is 48.6 Å². The Morgan fingerprint density at radius 3 is 2.29 bits per heavy atom. The minimum Gasteiger partial charge on any atom is -0.351 e. The number of carbonyl (C=O) groups is 2. The van der Waals surface area contributed by atoms with Gasteiger partial charge in [-0.3, -0.25) is 9.59 Å². The normalized spacial score (nSPS) is 13.9. The molecule has 17 heavy (non-hydrogen) atoms. The highest BCUT2D eigenvalue weighted by atomic mass is 16.1. The van der Waals surface area contributed by atoms with Gasteiger partial charge in [0, 0.05) is 5.69 Å². The molecule has 1 aliphatic carbocycles. The molecule has 3 rings (SSSR count). The van der Waals surface area contributed by atoms with Gasteiger partial charge in [-0.05, 0) is 23.8 Å². The lowest BCUT2D eigenvalue weighted by molar-refractivity contribution is 0.0992. The Kier molecular flexibility index (Phi) is 2.05. The largest absolute Gasteiger partial charge is 0.351 e. The lowest BCUT2D eigenvalue weighted by atomic mass is 10.0. The zero-order chi connectivity index (χ0) is 11.8. The number of aromatic nitrogens is 1. The zero-order valence-electron chi connectivity index (χ0n) is 8.94. The van der Waals surface area contributed by atoms with Crippen LogP contribution in [0.3, 0.4) is 0 Å². The van der Waals surface area contributed by atoms with Crippen molar-refractivity contribution >= 4 is 11.6 Å². The van der Waals surface area contributed by atoms with Crippen molar-refractivity contribution in [3.63, 3.8) is 0 Å². The fourth-order valence-corrected chi connectivity index (χ4v) is 1.94. The van der Waals surface area contributed by atoms with Crippen molar-refractivity contribution in [2.24, 2.45) is 0 Å². The van der Waals surface area contributed by atoms with Crippen LogP contribution in [-0.2, 0) is 0 Å². The van der Waals surface area contributed by atoms with Gasteiger partial charge in [-0.2, -0.15) is 0 Å². The highest BCUT2D eigenvalue weighted by molar-refractivity contribution is 6.21. The molecule has 1 N–H and O–H groups in total. The Hall–Kier alpha value is -2.42. The molecule has 0 amide bonds. The van der Waals surface area contributed by atoms with Crippen LogP contribution in [0.2, 0.25) is 0 Å². The monoisotopic (exact) mass is 223 g/mol. The molecule has 1 aromatic heterocycles. The average Bonchev–Trinajstić information content (AvgIpc) is 2.81. The first-order valence-corrected chi connectivity index (χ1v) is 5.31. The predicted molar refractivity (Wildman–Crippen MR) is 64.0 cm³/mol. The topological polar surface area (TPSA) is 49.9 Å². The first kappa shape index (κ1) is 9.78. The van der Waals surface area contributed by atoms with Gasteiger partial charge in [-0.1, -0.05) is 30.3 Å². The molecule has 0 unspecified atom stereocenters. The van der Waals surface area contributed by atoms with E-state index in [4.69, 9.17) is 0 Å². The average molecular weight is 223 g/mol. The lowest BCUT2D eigenvalue weighted by Gasteiger charge is -2.00. The number of ketones is 2. The molecule has 0 fully saturated rings. The third-order valence-electron chi connectivity index (χ3n) is 2.80. The fraction of sp³-hybridized carbons (Fsp3) is 0. The van der Waals surface area contributed by atoms with E-state index in [-0.39, 0.29) is 11.6 Å². The van der Waals surface area contributed by atoms with Crippen molar-refractivity contribution in [3.8, 4) is 11.3 Å². The van der Waals surface area contributed by atoms with E-state index in [2.05, 4.69) is 4.98 Å². The molecule has 3 nitrogen and oxygen atoms in total. The summed E-state index contributed by atoms with van der Waals surface area (Å²) in [5.41, 5.74) is 2.59. The van der Waals surface area contributed by atoms with Gasteiger partial charge < -0.3 is 4.98 Å². The fourth-order valence-electron chi connectivity index (χ4n) is 1.94. The van der Waals surface area contributed by atoms with Gasteiger partial charge in [0.1, 0.15) is 0 Å². The van der Waals surface area contributed by atoms with Crippen molar-refractivity contribution in [3.05, 3.63) is 59.8 Å². The molecule has 3 heteroatoms. The standard InChI is InChI=1S/C14H9NO2/c16-12-6-7-13(17)14-10(12)8-11(15-14)9-4-2-1-3-5-9/h1-8,15H. The Bertz CT molecular complexity index is 600. The number of benzene rings is 1. The van der Waals surface area contributed by atoms with Crippen LogP contribution >= 0.6 is 0 Å². The summed E-state index contributed by atoms with van der Waals surface area (Å²) in [6.07, 6.45) is 2.61. The molecule has 82 valence electrons. The summed E-state index contributed by atoms with van der Waals surface area (Å²) in [6, 6.07) is 11.3. The van der Waals surface area contributed by atoms with E-state index in [1.54, 1.807) is 6.07 Å². The number of carbonyl (C=O) groups excluding carboxylic acids is 2. The summed E-state index contributed by atoms with van der Waals surface area (Å²) < 4.78 is 0. The van der Waals surface area contributed by atoms with Gasteiger partial charge in [-0.25, -0.2) is 0 Å². The van der Waals surface area contributed by atoms with E-state index >= 15 is 0 Å². The number of fused-ring (bicyclic) bond motifs is 1.